The number of hydrogen-bond donors (Lipinski definition) is 3. The van der Waals surface area contributed by atoms with Crippen molar-refractivity contribution in [3.8, 4) is 0 Å². The highest BCUT2D eigenvalue weighted by Crippen LogP contribution is 2.29. The Kier molecular flexibility index (Phi) is 5.57. The Bertz CT molecular complexity index is 1110. The average molecular weight is 450 g/mol. The summed E-state index contributed by atoms with van der Waals surface area (Å²) in [6.45, 7) is 3.57. The number of hydrogen-bond acceptors (Lipinski definition) is 3. The summed E-state index contributed by atoms with van der Waals surface area (Å²) in [6.07, 6.45) is 0.527. The topological polar surface area (TPSA) is 91.1 Å². The summed E-state index contributed by atoms with van der Waals surface area (Å²) in [4.78, 5) is 15.8. The van der Waals surface area contributed by atoms with E-state index in [2.05, 4.69) is 31.0 Å². The van der Waals surface area contributed by atoms with Crippen molar-refractivity contribution < 1.29 is 13.2 Å². The maximum Gasteiger partial charge on any atom is 0.273 e. The van der Waals surface area contributed by atoms with E-state index in [4.69, 9.17) is 0 Å². The van der Waals surface area contributed by atoms with Crippen LogP contribution in [0.1, 0.15) is 29.4 Å². The molecule has 0 aliphatic rings. The maximum atomic E-state index is 12.7. The molecule has 0 radical (unpaired) electrons. The van der Waals surface area contributed by atoms with Gasteiger partial charge >= 0.3 is 0 Å². The Hall–Kier alpha value is -2.32. The molecule has 0 bridgehead atoms. The third kappa shape index (κ3) is 4.17. The van der Waals surface area contributed by atoms with Crippen LogP contribution in [0, 0.1) is 6.92 Å². The second kappa shape index (κ2) is 7.74. The number of halogens is 1. The van der Waals surface area contributed by atoms with Gasteiger partial charge in [-0.15, -0.1) is 0 Å². The Balaban J connectivity index is 1.88. The van der Waals surface area contributed by atoms with Gasteiger partial charge in [0.2, 0.25) is 10.0 Å². The van der Waals surface area contributed by atoms with Gasteiger partial charge in [0.05, 0.1) is 15.9 Å². The summed E-state index contributed by atoms with van der Waals surface area (Å²) >= 11 is 3.47. The van der Waals surface area contributed by atoms with Gasteiger partial charge in [-0.3, -0.25) is 9.52 Å². The van der Waals surface area contributed by atoms with E-state index in [1.165, 1.54) is 0 Å². The van der Waals surface area contributed by atoms with Gasteiger partial charge in [-0.1, -0.05) is 31.2 Å². The van der Waals surface area contributed by atoms with E-state index >= 15 is 0 Å². The zero-order valence-corrected chi connectivity index (χ0v) is 17.4. The fraction of sp³-hybridized carbons (Fsp3) is 0.211. The van der Waals surface area contributed by atoms with E-state index in [0.717, 1.165) is 10.9 Å². The van der Waals surface area contributed by atoms with Gasteiger partial charge in [0.1, 0.15) is 5.69 Å². The highest BCUT2D eigenvalue weighted by Gasteiger charge is 2.18. The second-order valence-corrected chi connectivity index (χ2v) is 8.85. The number of benzene rings is 2. The average Bonchev–Trinajstić information content (AvgIpc) is 2.95. The SMILES string of the molecule is CCCS(=O)(=O)Nc1cccc(NC(=O)c2[nH]c3ccccc3c2Br)c1C. The highest BCUT2D eigenvalue weighted by atomic mass is 79.9. The first kappa shape index (κ1) is 19.4. The molecule has 6 nitrogen and oxygen atoms in total. The number of H-pyrrole nitrogens is 1. The molecule has 2 aromatic carbocycles. The number of para-hydroxylation sites is 1. The lowest BCUT2D eigenvalue weighted by molar-refractivity contribution is 0.102. The standard InChI is InChI=1S/C19H20BrN3O3S/c1-3-11-27(25,26)23-15-10-6-9-14(12(15)2)22-19(24)18-17(20)13-7-4-5-8-16(13)21-18/h4-10,21,23H,3,11H2,1-2H3,(H,22,24). The molecule has 3 aromatic rings. The molecule has 0 spiro atoms. The minimum Gasteiger partial charge on any atom is -0.350 e. The van der Waals surface area contributed by atoms with E-state index in [1.54, 1.807) is 32.0 Å². The predicted octanol–water partition coefficient (Wildman–Crippen LogP) is 4.64. The number of nitrogens with one attached hydrogen (secondary N) is 3. The number of carbonyl (C=O) groups is 1. The zero-order chi connectivity index (χ0) is 19.6. The van der Waals surface area contributed by atoms with Crippen molar-refractivity contribution >= 4 is 54.1 Å². The largest absolute Gasteiger partial charge is 0.350 e. The van der Waals surface area contributed by atoms with Crippen molar-refractivity contribution in [3.05, 3.63) is 58.2 Å². The van der Waals surface area contributed by atoms with Crippen molar-refractivity contribution in [3.63, 3.8) is 0 Å². The number of fused-ring (bicyclic) bond motifs is 1. The first-order valence-electron chi connectivity index (χ1n) is 8.50. The number of aromatic amines is 1. The number of aromatic nitrogens is 1. The fourth-order valence-corrected chi connectivity index (χ4v) is 4.64. The summed E-state index contributed by atoms with van der Waals surface area (Å²) in [7, 11) is -3.41. The number of carbonyl (C=O) groups excluding carboxylic acids is 1. The van der Waals surface area contributed by atoms with Crippen molar-refractivity contribution in [1.29, 1.82) is 0 Å². The summed E-state index contributed by atoms with van der Waals surface area (Å²) in [5.74, 6) is -0.264. The number of sulfonamides is 1. The van der Waals surface area contributed by atoms with Crippen LogP contribution in [0.4, 0.5) is 11.4 Å². The van der Waals surface area contributed by atoms with Crippen LogP contribution >= 0.6 is 15.9 Å². The molecule has 0 aliphatic heterocycles. The Morgan fingerprint density at radius 1 is 1.11 bits per heavy atom. The lowest BCUT2D eigenvalue weighted by Crippen LogP contribution is -2.18. The lowest BCUT2D eigenvalue weighted by Gasteiger charge is -2.14. The highest BCUT2D eigenvalue weighted by molar-refractivity contribution is 9.10. The van der Waals surface area contributed by atoms with E-state index in [-0.39, 0.29) is 11.7 Å². The van der Waals surface area contributed by atoms with Crippen molar-refractivity contribution in [2.75, 3.05) is 15.8 Å². The molecule has 0 aliphatic carbocycles. The molecule has 0 unspecified atom stereocenters. The Labute approximate surface area is 166 Å². The third-order valence-corrected chi connectivity index (χ3v) is 6.49. The van der Waals surface area contributed by atoms with Crippen LogP contribution in [0.25, 0.3) is 10.9 Å². The molecule has 3 N–H and O–H groups in total. The zero-order valence-electron chi connectivity index (χ0n) is 15.0. The van der Waals surface area contributed by atoms with Crippen molar-refractivity contribution in [2.24, 2.45) is 0 Å². The normalized spacial score (nSPS) is 11.5. The van der Waals surface area contributed by atoms with Crippen LogP contribution in [-0.2, 0) is 10.0 Å². The second-order valence-electron chi connectivity index (χ2n) is 6.21. The van der Waals surface area contributed by atoms with Gasteiger partial charge in [0.15, 0.2) is 0 Å². The first-order valence-corrected chi connectivity index (χ1v) is 10.9. The smallest absolute Gasteiger partial charge is 0.273 e. The monoisotopic (exact) mass is 449 g/mol. The van der Waals surface area contributed by atoms with Crippen LogP contribution in [0.3, 0.4) is 0 Å². The minimum absolute atomic E-state index is 0.0467. The van der Waals surface area contributed by atoms with E-state index < -0.39 is 10.0 Å². The van der Waals surface area contributed by atoms with Gasteiger partial charge in [0.25, 0.3) is 5.91 Å². The van der Waals surface area contributed by atoms with Gasteiger partial charge in [-0.25, -0.2) is 8.42 Å². The molecular weight excluding hydrogens is 430 g/mol. The molecule has 0 fully saturated rings. The molecule has 0 saturated heterocycles. The van der Waals surface area contributed by atoms with Crippen molar-refractivity contribution in [2.45, 2.75) is 20.3 Å². The molecule has 0 saturated carbocycles. The van der Waals surface area contributed by atoms with Gasteiger partial charge in [-0.05, 0) is 53.0 Å². The Morgan fingerprint density at radius 3 is 2.52 bits per heavy atom. The lowest BCUT2D eigenvalue weighted by atomic mass is 10.1. The van der Waals surface area contributed by atoms with Crippen LogP contribution in [-0.4, -0.2) is 25.1 Å². The fourth-order valence-electron chi connectivity index (χ4n) is 2.82. The summed E-state index contributed by atoms with van der Waals surface area (Å²) < 4.78 is 27.3. The van der Waals surface area contributed by atoms with E-state index in [9.17, 15) is 13.2 Å². The van der Waals surface area contributed by atoms with Gasteiger partial charge in [-0.2, -0.15) is 0 Å². The van der Waals surface area contributed by atoms with Crippen LogP contribution in [0.15, 0.2) is 46.9 Å². The third-order valence-electron chi connectivity index (χ3n) is 4.19. The number of amides is 1. The molecular formula is C19H20BrN3O3S. The molecule has 8 heteroatoms. The van der Waals surface area contributed by atoms with E-state index in [0.29, 0.717) is 33.5 Å². The van der Waals surface area contributed by atoms with E-state index in [1.807, 2.05) is 24.3 Å². The minimum atomic E-state index is -3.41. The Morgan fingerprint density at radius 2 is 1.81 bits per heavy atom. The first-order chi connectivity index (χ1) is 12.8. The van der Waals surface area contributed by atoms with Crippen LogP contribution in [0.5, 0.6) is 0 Å². The molecule has 1 heterocycles. The molecule has 1 amide bonds. The van der Waals surface area contributed by atoms with Crippen LogP contribution < -0.4 is 10.0 Å². The number of rotatable bonds is 6. The predicted molar refractivity (Wildman–Crippen MR) is 113 cm³/mol. The van der Waals surface area contributed by atoms with Gasteiger partial charge in [0, 0.05) is 16.6 Å². The number of anilines is 2. The van der Waals surface area contributed by atoms with Crippen molar-refractivity contribution in [1.82, 2.24) is 4.98 Å². The molecule has 142 valence electrons. The molecule has 27 heavy (non-hydrogen) atoms. The molecule has 3 rings (SSSR count). The van der Waals surface area contributed by atoms with Gasteiger partial charge < -0.3 is 10.3 Å². The summed E-state index contributed by atoms with van der Waals surface area (Å²) in [5.41, 5.74) is 2.91. The molecule has 0 atom stereocenters. The summed E-state index contributed by atoms with van der Waals surface area (Å²) in [5, 5.41) is 3.77. The molecule has 1 aromatic heterocycles. The van der Waals surface area contributed by atoms with Crippen LogP contribution in [0.2, 0.25) is 0 Å². The summed E-state index contributed by atoms with van der Waals surface area (Å²) in [6, 6.07) is 12.7. The maximum absolute atomic E-state index is 12.7. The quantitative estimate of drug-likeness (QED) is 0.511.